The second kappa shape index (κ2) is 16.9. The van der Waals surface area contributed by atoms with Crippen molar-refractivity contribution in [1.82, 2.24) is 25.5 Å². The summed E-state index contributed by atoms with van der Waals surface area (Å²) in [6.45, 7) is 0.0393. The topological polar surface area (TPSA) is 181 Å². The van der Waals surface area contributed by atoms with Crippen molar-refractivity contribution in [2.45, 2.75) is 132 Å². The van der Waals surface area contributed by atoms with Crippen molar-refractivity contribution in [1.29, 1.82) is 0 Å². The van der Waals surface area contributed by atoms with Crippen LogP contribution in [0.1, 0.15) is 96.3 Å². The van der Waals surface area contributed by atoms with Crippen LogP contribution in [0, 0.1) is 5.92 Å². The number of nitrogens with one attached hydrogen (secondary N) is 3. The van der Waals surface area contributed by atoms with E-state index in [0.717, 1.165) is 62.9 Å². The summed E-state index contributed by atoms with van der Waals surface area (Å²) in [6, 6.07) is 5.79. The van der Waals surface area contributed by atoms with Gasteiger partial charge in [0, 0.05) is 41.3 Å². The number of hydrogen-bond acceptors (Lipinski definition) is 11. The molecule has 3 aliphatic carbocycles. The number of carboxylic acids is 1. The first kappa shape index (κ1) is 38.9. The number of benzene rings is 1. The normalized spacial score (nSPS) is 27.8. The minimum Gasteiger partial charge on any atom is -0.497 e. The number of aliphatic carboxylic acids is 1. The molecule has 4 N–H and O–H groups in total. The molecule has 3 saturated carbocycles. The smallest absolute Gasteiger partial charge is 0.408 e. The zero-order valence-electron chi connectivity index (χ0n) is 32.4. The fourth-order valence-electron chi connectivity index (χ4n) is 8.89. The molecule has 0 unspecified atom stereocenters. The van der Waals surface area contributed by atoms with Crippen LogP contribution in [-0.2, 0) is 19.1 Å². The highest BCUT2D eigenvalue weighted by molar-refractivity contribution is 7.14. The van der Waals surface area contributed by atoms with E-state index in [9.17, 15) is 24.3 Å². The highest BCUT2D eigenvalue weighted by Gasteiger charge is 2.61. The molecule has 3 amide bonds. The zero-order chi connectivity index (χ0) is 39.5. The number of carbonyl (C=O) groups excluding carboxylic acids is 3. The first-order valence-electron chi connectivity index (χ1n) is 20.6. The number of carboxylic acid groups (broad SMARTS) is 1. The van der Waals surface area contributed by atoms with Crippen molar-refractivity contribution >= 4 is 51.2 Å². The van der Waals surface area contributed by atoms with Crippen molar-refractivity contribution in [2.24, 2.45) is 5.92 Å². The number of carbonyl (C=O) groups is 4. The van der Waals surface area contributed by atoms with Crippen LogP contribution in [0.4, 0.5) is 9.93 Å². The SMILES string of the molecule is COc1ccc2c(O[C@@H]3C[C@H]4C(=O)N[C@]5(C(=O)O)C[C@@H]5/C=C\CCCCC[C@H](NC(=O)OC5CCCC5)C(=O)N4C3)cc(-c3csc(NC4CCCC4)n3)nc2c1. The maximum atomic E-state index is 14.6. The minimum absolute atomic E-state index is 0.0393. The Labute approximate surface area is 336 Å². The van der Waals surface area contributed by atoms with E-state index in [4.69, 9.17) is 24.2 Å². The molecular weight excluding hydrogens is 749 g/mol. The maximum absolute atomic E-state index is 14.6. The summed E-state index contributed by atoms with van der Waals surface area (Å²) in [5.74, 6) is -1.32. The molecular formula is C42H52N6O8S. The Bertz CT molecular complexity index is 2010. The van der Waals surface area contributed by atoms with E-state index in [1.54, 1.807) is 7.11 Å². The van der Waals surface area contributed by atoms with Crippen LogP contribution in [0.2, 0.25) is 0 Å². The number of alkyl carbamates (subject to hydrolysis) is 1. The molecule has 2 aliphatic heterocycles. The standard InChI is InChI=1S/C42H52N6O8S/c1-54-28-17-18-30-32(19-28)44-33(34-24-57-40(45-34)43-26-12-7-8-13-26)21-36(30)55-29-20-35-37(49)47-42(39(51)52)22-25(42)11-5-3-2-4-6-16-31(38(50)48(35)23-29)46-41(53)56-27-14-9-10-15-27/h5,11,17-19,21,24-27,29,31,35H,2-4,6-10,12-16,20,22-23H2,1H3,(H,43,45)(H,46,53)(H,47,49)(H,51,52)/b11-5-/t25-,29+,31-,35-,42+/m0/s1. The van der Waals surface area contributed by atoms with Gasteiger partial charge in [0.15, 0.2) is 5.13 Å². The quantitative estimate of drug-likeness (QED) is 0.172. The van der Waals surface area contributed by atoms with Crippen LogP contribution in [0.25, 0.3) is 22.3 Å². The molecule has 15 heteroatoms. The molecule has 4 heterocycles. The van der Waals surface area contributed by atoms with E-state index in [0.29, 0.717) is 52.7 Å². The van der Waals surface area contributed by atoms with E-state index >= 15 is 0 Å². The largest absolute Gasteiger partial charge is 0.497 e. The number of fused-ring (bicyclic) bond motifs is 3. The van der Waals surface area contributed by atoms with Crippen LogP contribution in [0.15, 0.2) is 41.8 Å². The highest BCUT2D eigenvalue weighted by Crippen LogP contribution is 2.45. The highest BCUT2D eigenvalue weighted by atomic mass is 32.1. The van der Waals surface area contributed by atoms with E-state index in [-0.39, 0.29) is 31.4 Å². The van der Waals surface area contributed by atoms with Gasteiger partial charge in [0.2, 0.25) is 11.8 Å². The van der Waals surface area contributed by atoms with Crippen molar-refractivity contribution in [3.63, 3.8) is 0 Å². The van der Waals surface area contributed by atoms with E-state index in [2.05, 4.69) is 16.0 Å². The van der Waals surface area contributed by atoms with Gasteiger partial charge in [0.05, 0.1) is 24.9 Å². The molecule has 5 atom stereocenters. The Morgan fingerprint density at radius 1 is 0.965 bits per heavy atom. The first-order chi connectivity index (χ1) is 27.7. The molecule has 14 nitrogen and oxygen atoms in total. The maximum Gasteiger partial charge on any atom is 0.408 e. The van der Waals surface area contributed by atoms with Gasteiger partial charge in [-0.1, -0.05) is 37.8 Å². The Kier molecular flexibility index (Phi) is 11.5. The number of ether oxygens (including phenoxy) is 3. The molecule has 8 rings (SSSR count). The lowest BCUT2D eigenvalue weighted by molar-refractivity contribution is -0.145. The van der Waals surface area contributed by atoms with E-state index in [1.807, 2.05) is 41.8 Å². The molecule has 2 aromatic heterocycles. The molecule has 3 aromatic rings. The summed E-state index contributed by atoms with van der Waals surface area (Å²) >= 11 is 1.53. The molecule has 5 aliphatic rings. The Hall–Kier alpha value is -4.92. The van der Waals surface area contributed by atoms with Gasteiger partial charge in [0.25, 0.3) is 0 Å². The van der Waals surface area contributed by atoms with Crippen molar-refractivity contribution < 1.29 is 38.5 Å². The lowest BCUT2D eigenvalue weighted by Gasteiger charge is -2.29. The number of amides is 3. The fraction of sp³-hybridized carbons (Fsp3) is 0.571. The van der Waals surface area contributed by atoms with Gasteiger partial charge in [-0.25, -0.2) is 19.6 Å². The third kappa shape index (κ3) is 8.68. The average molecular weight is 801 g/mol. The van der Waals surface area contributed by atoms with Crippen LogP contribution < -0.4 is 25.4 Å². The van der Waals surface area contributed by atoms with Crippen molar-refractivity contribution in [3.8, 4) is 22.9 Å². The molecule has 0 bridgehead atoms. The Balaban J connectivity index is 1.09. The van der Waals surface area contributed by atoms with Gasteiger partial charge in [-0.15, -0.1) is 11.3 Å². The van der Waals surface area contributed by atoms with Gasteiger partial charge in [-0.3, -0.25) is 9.59 Å². The third-order valence-corrected chi connectivity index (χ3v) is 13.0. The number of aromatic nitrogens is 2. The van der Waals surface area contributed by atoms with Crippen molar-refractivity contribution in [2.75, 3.05) is 19.0 Å². The summed E-state index contributed by atoms with van der Waals surface area (Å²) in [4.78, 5) is 65.9. The molecule has 304 valence electrons. The summed E-state index contributed by atoms with van der Waals surface area (Å²) in [7, 11) is 1.59. The lowest BCUT2D eigenvalue weighted by Crippen LogP contribution is -2.56. The van der Waals surface area contributed by atoms with Gasteiger partial charge in [-0.05, 0) is 76.3 Å². The summed E-state index contributed by atoms with van der Waals surface area (Å²) < 4.78 is 18.0. The van der Waals surface area contributed by atoms with Crippen molar-refractivity contribution in [3.05, 3.63) is 41.8 Å². The number of rotatable bonds is 9. The lowest BCUT2D eigenvalue weighted by atomic mass is 10.0. The second-order valence-corrected chi connectivity index (χ2v) is 17.0. The predicted octanol–water partition coefficient (Wildman–Crippen LogP) is 6.59. The van der Waals surface area contributed by atoms with E-state index in [1.165, 1.54) is 29.1 Å². The van der Waals surface area contributed by atoms with Gasteiger partial charge in [0.1, 0.15) is 47.0 Å². The van der Waals surface area contributed by atoms with Crippen LogP contribution in [0.3, 0.4) is 0 Å². The summed E-state index contributed by atoms with van der Waals surface area (Å²) in [5, 5.41) is 23.0. The first-order valence-corrected chi connectivity index (χ1v) is 21.4. The molecule has 4 fully saturated rings. The summed E-state index contributed by atoms with van der Waals surface area (Å²) in [5.41, 5.74) is 0.472. The Morgan fingerprint density at radius 3 is 2.54 bits per heavy atom. The van der Waals surface area contributed by atoms with Gasteiger partial charge < -0.3 is 40.2 Å². The molecule has 0 radical (unpaired) electrons. The zero-order valence-corrected chi connectivity index (χ0v) is 33.2. The molecule has 57 heavy (non-hydrogen) atoms. The fourth-order valence-corrected chi connectivity index (χ4v) is 9.68. The number of anilines is 1. The minimum atomic E-state index is -1.45. The Morgan fingerprint density at radius 2 is 1.75 bits per heavy atom. The summed E-state index contributed by atoms with van der Waals surface area (Å²) in [6.07, 6.45) is 14.4. The predicted molar refractivity (Wildman–Crippen MR) is 214 cm³/mol. The van der Waals surface area contributed by atoms with Gasteiger partial charge in [-0.2, -0.15) is 0 Å². The molecule has 0 spiro atoms. The third-order valence-electron chi connectivity index (χ3n) is 12.2. The average Bonchev–Trinajstić information content (AvgIpc) is 3.85. The van der Waals surface area contributed by atoms with Crippen LogP contribution in [-0.4, -0.2) is 93.4 Å². The number of methoxy groups -OCH3 is 1. The van der Waals surface area contributed by atoms with Gasteiger partial charge >= 0.3 is 12.1 Å². The number of pyridine rings is 1. The second-order valence-electron chi connectivity index (χ2n) is 16.2. The van der Waals surface area contributed by atoms with Crippen LogP contribution in [0.5, 0.6) is 11.5 Å². The number of hydrogen-bond donors (Lipinski definition) is 4. The number of allylic oxidation sites excluding steroid dienone is 1. The van der Waals surface area contributed by atoms with E-state index < -0.39 is 47.6 Å². The van der Waals surface area contributed by atoms with Crippen LogP contribution >= 0.6 is 11.3 Å². The molecule has 1 aromatic carbocycles. The number of thiazole rings is 1. The number of nitrogens with zero attached hydrogens (tertiary/aromatic N) is 3. The monoisotopic (exact) mass is 800 g/mol. The molecule has 1 saturated heterocycles.